The molecular weight excluding hydrogens is 535 g/mol. The largest absolute Gasteiger partial charge is 1.00 e. The molecule has 0 N–H and O–H groups in total. The first-order valence-corrected chi connectivity index (χ1v) is 12.8. The van der Waals surface area contributed by atoms with Gasteiger partial charge in [-0.15, -0.1) is 0 Å². The zero-order valence-corrected chi connectivity index (χ0v) is 23.0. The monoisotopic (exact) mass is 562 g/mol. The van der Waals surface area contributed by atoms with E-state index in [9.17, 15) is 0 Å². The summed E-state index contributed by atoms with van der Waals surface area (Å²) in [5.74, 6) is 3.21. The third kappa shape index (κ3) is 4.79. The number of benzene rings is 3. The van der Waals surface area contributed by atoms with Gasteiger partial charge in [0.25, 0.3) is 0 Å². The molecule has 2 aliphatic heterocycles. The molecule has 200 valence electrons. The minimum absolute atomic E-state index is 0. The Morgan fingerprint density at radius 3 is 2.59 bits per heavy atom. The van der Waals surface area contributed by atoms with Crippen molar-refractivity contribution in [3.8, 4) is 34.3 Å². The summed E-state index contributed by atoms with van der Waals surface area (Å²) < 4.78 is 28.0. The van der Waals surface area contributed by atoms with Gasteiger partial charge in [0, 0.05) is 36.4 Å². The third-order valence-electron chi connectivity index (χ3n) is 7.37. The number of hydrogen-bond acceptors (Lipinski definition) is 4. The zero-order chi connectivity index (χ0) is 24.8. The highest BCUT2D eigenvalue weighted by molar-refractivity contribution is 5.91. The second-order valence-electron chi connectivity index (χ2n) is 9.53. The van der Waals surface area contributed by atoms with E-state index < -0.39 is 0 Å². The molecule has 0 saturated carbocycles. The molecule has 3 aromatic carbocycles. The van der Waals surface area contributed by atoms with Crippen LogP contribution in [0.3, 0.4) is 0 Å². The lowest BCUT2D eigenvalue weighted by molar-refractivity contribution is -0.686. The molecule has 0 unspecified atom stereocenters. The Labute approximate surface area is 239 Å². The maximum absolute atomic E-state index is 6.41. The fourth-order valence-corrected chi connectivity index (χ4v) is 5.53. The highest BCUT2D eigenvalue weighted by atomic mass is 35.5. The van der Waals surface area contributed by atoms with Gasteiger partial charge in [-0.25, -0.2) is 0 Å². The van der Waals surface area contributed by atoms with E-state index in [2.05, 4.69) is 82.2 Å². The van der Waals surface area contributed by atoms with Crippen LogP contribution in [0.25, 0.3) is 32.9 Å². The van der Waals surface area contributed by atoms with E-state index in [0.29, 0.717) is 6.61 Å². The number of pyridine rings is 2. The molecule has 0 aliphatic carbocycles. The number of nitrogens with zero attached hydrogens (tertiary/aromatic N) is 2. The Morgan fingerprint density at radius 2 is 1.72 bits per heavy atom. The van der Waals surface area contributed by atoms with Crippen molar-refractivity contribution in [3.63, 3.8) is 0 Å². The van der Waals surface area contributed by atoms with E-state index in [0.717, 1.165) is 59.7 Å². The Hall–Kier alpha value is -3.74. The van der Waals surface area contributed by atoms with Gasteiger partial charge in [-0.05, 0) is 47.3 Å². The number of ether oxygens (including phenoxy) is 4. The van der Waals surface area contributed by atoms with E-state index >= 15 is 0 Å². The minimum Gasteiger partial charge on any atom is -1.00 e. The molecule has 8 heteroatoms. The summed E-state index contributed by atoms with van der Waals surface area (Å²) in [4.78, 5) is 0. The van der Waals surface area contributed by atoms with Gasteiger partial charge >= 0.3 is 0 Å². The molecule has 0 saturated heterocycles. The predicted octanol–water partition coefficient (Wildman–Crippen LogP) is -0.994. The summed E-state index contributed by atoms with van der Waals surface area (Å²) in [6.07, 6.45) is 6.16. The van der Waals surface area contributed by atoms with Crippen LogP contribution in [0.2, 0.25) is 0 Å². The number of aryl methyl sites for hydroxylation is 3. The normalized spacial score (nSPS) is 12.7. The summed E-state index contributed by atoms with van der Waals surface area (Å²) in [6.45, 7) is 2.66. The van der Waals surface area contributed by atoms with Crippen molar-refractivity contribution in [1.29, 1.82) is 0 Å². The molecule has 0 amide bonds. The SMILES string of the molecule is COc1ccc2cc3[n+](cc2c1OCCC[n+]1cccc2ccccc21)CCc1cc2c(cc1-3)OCO2.[Cl-].[Cl-]. The van der Waals surface area contributed by atoms with Crippen LogP contribution < -0.4 is 52.9 Å². The molecule has 0 spiro atoms. The van der Waals surface area contributed by atoms with Gasteiger partial charge < -0.3 is 43.8 Å². The standard InChI is InChI=1S/C31H28N2O4.2ClH/c1-34-28-10-9-22-16-27-24-18-30-29(36-20-37-30)17-23(24)11-14-33(27)19-25(22)31(28)35-15-5-13-32-12-4-7-21-6-2-3-8-26(21)32;;/h2-4,6-10,12,16-19H,5,11,13-15,20H2,1H3;2*1H/q+2;;/p-2. The molecule has 0 fully saturated rings. The first kappa shape index (κ1) is 26.9. The molecule has 2 aromatic heterocycles. The second kappa shape index (κ2) is 11.2. The van der Waals surface area contributed by atoms with Gasteiger partial charge in [0.2, 0.25) is 18.0 Å². The Kier molecular flexibility index (Phi) is 7.69. The Morgan fingerprint density at radius 1 is 0.897 bits per heavy atom. The fraction of sp³-hybridized carbons (Fsp3) is 0.226. The number of hydrogen-bond donors (Lipinski definition) is 0. The molecule has 4 heterocycles. The van der Waals surface area contributed by atoms with Gasteiger partial charge in [0.05, 0.1) is 24.7 Å². The lowest BCUT2D eigenvalue weighted by atomic mass is 9.95. The van der Waals surface area contributed by atoms with Crippen molar-refractivity contribution in [1.82, 2.24) is 0 Å². The highest BCUT2D eigenvalue weighted by Crippen LogP contribution is 2.41. The topological polar surface area (TPSA) is 44.7 Å². The molecule has 5 aromatic rings. The molecule has 2 aliphatic rings. The van der Waals surface area contributed by atoms with E-state index in [1.54, 1.807) is 7.11 Å². The smallest absolute Gasteiger partial charge is 0.231 e. The molecule has 39 heavy (non-hydrogen) atoms. The summed E-state index contributed by atoms with van der Waals surface area (Å²) in [7, 11) is 1.70. The Bertz CT molecular complexity index is 1670. The van der Waals surface area contributed by atoms with Gasteiger partial charge in [-0.2, -0.15) is 9.13 Å². The highest BCUT2D eigenvalue weighted by Gasteiger charge is 2.28. The zero-order valence-electron chi connectivity index (χ0n) is 21.5. The van der Waals surface area contributed by atoms with Crippen LogP contribution in [0.4, 0.5) is 0 Å². The minimum atomic E-state index is 0. The van der Waals surface area contributed by atoms with Crippen LogP contribution >= 0.6 is 0 Å². The van der Waals surface area contributed by atoms with Crippen molar-refractivity contribution in [2.24, 2.45) is 0 Å². The van der Waals surface area contributed by atoms with Gasteiger partial charge in [-0.3, -0.25) is 0 Å². The van der Waals surface area contributed by atoms with Gasteiger partial charge in [0.15, 0.2) is 48.5 Å². The van der Waals surface area contributed by atoms with E-state index in [1.165, 1.54) is 27.7 Å². The van der Waals surface area contributed by atoms with Crippen LogP contribution in [0.15, 0.2) is 79.1 Å². The van der Waals surface area contributed by atoms with Crippen LogP contribution in [0.5, 0.6) is 23.0 Å². The maximum Gasteiger partial charge on any atom is 0.231 e. The van der Waals surface area contributed by atoms with Crippen molar-refractivity contribution >= 4 is 21.7 Å². The molecule has 0 bridgehead atoms. The summed E-state index contributed by atoms with van der Waals surface area (Å²) >= 11 is 0. The average molecular weight is 563 g/mol. The number of aromatic nitrogens is 2. The summed E-state index contributed by atoms with van der Waals surface area (Å²) in [5, 5.41) is 3.43. The lowest BCUT2D eigenvalue weighted by Gasteiger charge is -2.18. The van der Waals surface area contributed by atoms with E-state index in [1.807, 2.05) is 6.07 Å². The molecular formula is C31H28Cl2N2O4. The van der Waals surface area contributed by atoms with Crippen LogP contribution in [-0.2, 0) is 19.5 Å². The third-order valence-corrected chi connectivity index (χ3v) is 7.37. The second-order valence-corrected chi connectivity index (χ2v) is 9.53. The molecule has 6 nitrogen and oxygen atoms in total. The van der Waals surface area contributed by atoms with Crippen molar-refractivity contribution in [2.45, 2.75) is 25.9 Å². The van der Waals surface area contributed by atoms with Crippen molar-refractivity contribution in [2.75, 3.05) is 20.5 Å². The van der Waals surface area contributed by atoms with Gasteiger partial charge in [-0.1, -0.05) is 12.1 Å². The van der Waals surface area contributed by atoms with Crippen molar-refractivity contribution < 1.29 is 52.9 Å². The Balaban J connectivity index is 0.00000154. The average Bonchev–Trinajstić information content (AvgIpc) is 3.40. The number of para-hydroxylation sites is 1. The maximum atomic E-state index is 6.41. The summed E-state index contributed by atoms with van der Waals surface area (Å²) in [6, 6.07) is 23.3. The number of halogens is 2. The fourth-order valence-electron chi connectivity index (χ4n) is 5.53. The number of methoxy groups -OCH3 is 1. The van der Waals surface area contributed by atoms with Crippen LogP contribution in [0, 0.1) is 0 Å². The number of fused-ring (bicyclic) bond motifs is 6. The van der Waals surface area contributed by atoms with E-state index in [4.69, 9.17) is 18.9 Å². The van der Waals surface area contributed by atoms with Crippen LogP contribution in [-0.4, -0.2) is 20.5 Å². The van der Waals surface area contributed by atoms with Gasteiger partial charge in [0.1, 0.15) is 0 Å². The number of rotatable bonds is 6. The summed E-state index contributed by atoms with van der Waals surface area (Å²) in [5.41, 5.74) is 4.90. The quantitative estimate of drug-likeness (QED) is 0.197. The molecule has 0 radical (unpaired) electrons. The lowest BCUT2D eigenvalue weighted by Crippen LogP contribution is -3.00. The van der Waals surface area contributed by atoms with E-state index in [-0.39, 0.29) is 31.6 Å². The van der Waals surface area contributed by atoms with Crippen LogP contribution in [0.1, 0.15) is 12.0 Å². The first-order valence-electron chi connectivity index (χ1n) is 12.8. The molecule has 0 atom stereocenters. The predicted molar refractivity (Wildman–Crippen MR) is 140 cm³/mol. The van der Waals surface area contributed by atoms with Crippen molar-refractivity contribution in [3.05, 3.63) is 84.7 Å². The molecule has 7 rings (SSSR count). The first-order chi connectivity index (χ1) is 18.3.